The van der Waals surface area contributed by atoms with E-state index in [0.29, 0.717) is 5.56 Å². The van der Waals surface area contributed by atoms with Gasteiger partial charge < -0.3 is 0 Å². The van der Waals surface area contributed by atoms with E-state index in [0.717, 1.165) is 39.7 Å². The Labute approximate surface area is 153 Å². The second kappa shape index (κ2) is 7.20. The molecule has 0 radical (unpaired) electrons. The normalized spacial score (nSPS) is 10.5. The summed E-state index contributed by atoms with van der Waals surface area (Å²) in [5, 5.41) is 0. The topological polar surface area (TPSA) is 17.1 Å². The molecule has 124 valence electrons. The summed E-state index contributed by atoms with van der Waals surface area (Å²) < 4.78 is 0. The van der Waals surface area contributed by atoms with Gasteiger partial charge in [-0.25, -0.2) is 0 Å². The second-order valence-corrected chi connectivity index (χ2v) is 6.20. The summed E-state index contributed by atoms with van der Waals surface area (Å²) in [7, 11) is 0. The molecule has 4 aromatic rings. The fraction of sp³-hybridized carbons (Fsp3) is 0. The summed E-state index contributed by atoms with van der Waals surface area (Å²) in [4.78, 5) is 12.0. The Kier molecular flexibility index (Phi) is 4.44. The fourth-order valence-electron chi connectivity index (χ4n) is 3.33. The molecule has 0 spiro atoms. The molecule has 0 saturated heterocycles. The molecule has 0 aliphatic heterocycles. The molecule has 0 amide bonds. The van der Waals surface area contributed by atoms with E-state index >= 15 is 0 Å². The lowest BCUT2D eigenvalue weighted by Crippen LogP contribution is -1.94. The lowest BCUT2D eigenvalue weighted by atomic mass is 9.87. The van der Waals surface area contributed by atoms with Gasteiger partial charge in [-0.3, -0.25) is 4.79 Å². The van der Waals surface area contributed by atoms with Crippen LogP contribution in [0.4, 0.5) is 0 Å². The molecule has 0 N–H and O–H groups in total. The third-order valence-corrected chi connectivity index (χ3v) is 4.55. The molecule has 4 aromatic carbocycles. The van der Waals surface area contributed by atoms with E-state index in [1.54, 1.807) is 0 Å². The number of aldehydes is 1. The van der Waals surface area contributed by atoms with Crippen LogP contribution >= 0.6 is 0 Å². The zero-order valence-electron chi connectivity index (χ0n) is 14.3. The molecule has 0 atom stereocenters. The van der Waals surface area contributed by atoms with E-state index in [4.69, 9.17) is 0 Å². The molecule has 0 aliphatic rings. The summed E-state index contributed by atoms with van der Waals surface area (Å²) >= 11 is 0. The Hall–Kier alpha value is -3.45. The summed E-state index contributed by atoms with van der Waals surface area (Å²) in [5.74, 6) is 0. The predicted molar refractivity (Wildman–Crippen MR) is 108 cm³/mol. The highest BCUT2D eigenvalue weighted by atomic mass is 16.1. The van der Waals surface area contributed by atoms with Gasteiger partial charge in [0.15, 0.2) is 6.29 Å². The molecule has 4 rings (SSSR count). The van der Waals surface area contributed by atoms with Crippen molar-refractivity contribution < 1.29 is 4.79 Å². The Bertz CT molecular complexity index is 1020. The van der Waals surface area contributed by atoms with Gasteiger partial charge in [-0.05, 0) is 39.9 Å². The summed E-state index contributed by atoms with van der Waals surface area (Å²) in [5.41, 5.74) is 7.06. The van der Waals surface area contributed by atoms with Crippen LogP contribution in [0.15, 0.2) is 103 Å². The molecule has 0 heterocycles. The fourth-order valence-corrected chi connectivity index (χ4v) is 3.33. The summed E-state index contributed by atoms with van der Waals surface area (Å²) in [6.07, 6.45) is 0.960. The average Bonchev–Trinajstić information content (AvgIpc) is 2.74. The van der Waals surface area contributed by atoms with Gasteiger partial charge in [-0.1, -0.05) is 91.0 Å². The standard InChI is InChI=1S/C25H18O/c26-18-23-16-22(19-10-4-1-5-11-19)17-24(20-12-6-2-7-13-20)25(23)21-14-8-3-9-15-21/h1-18H. The zero-order valence-corrected chi connectivity index (χ0v) is 14.3. The van der Waals surface area contributed by atoms with E-state index in [-0.39, 0.29) is 0 Å². The van der Waals surface area contributed by atoms with Gasteiger partial charge in [0, 0.05) is 11.1 Å². The number of carbonyl (C=O) groups is 1. The lowest BCUT2D eigenvalue weighted by molar-refractivity contribution is 0.112. The van der Waals surface area contributed by atoms with Crippen molar-refractivity contribution in [2.45, 2.75) is 0 Å². The highest BCUT2D eigenvalue weighted by Gasteiger charge is 2.14. The monoisotopic (exact) mass is 334 g/mol. The van der Waals surface area contributed by atoms with Crippen LogP contribution in [0.5, 0.6) is 0 Å². The van der Waals surface area contributed by atoms with Crippen LogP contribution in [0.25, 0.3) is 33.4 Å². The van der Waals surface area contributed by atoms with Crippen LogP contribution in [0, 0.1) is 0 Å². The van der Waals surface area contributed by atoms with Crippen molar-refractivity contribution in [3.8, 4) is 33.4 Å². The first-order chi connectivity index (χ1) is 12.9. The van der Waals surface area contributed by atoms with Crippen molar-refractivity contribution >= 4 is 6.29 Å². The summed E-state index contributed by atoms with van der Waals surface area (Å²) in [6.45, 7) is 0. The number of rotatable bonds is 4. The maximum absolute atomic E-state index is 12.0. The van der Waals surface area contributed by atoms with Crippen LogP contribution in [-0.2, 0) is 0 Å². The Morgan fingerprint density at radius 1 is 0.500 bits per heavy atom. The number of hydrogen-bond acceptors (Lipinski definition) is 1. The van der Waals surface area contributed by atoms with Crippen molar-refractivity contribution in [3.63, 3.8) is 0 Å². The first kappa shape index (κ1) is 16.0. The molecular weight excluding hydrogens is 316 g/mol. The molecule has 1 nitrogen and oxygen atoms in total. The smallest absolute Gasteiger partial charge is 0.150 e. The average molecular weight is 334 g/mol. The molecule has 0 bridgehead atoms. The van der Waals surface area contributed by atoms with E-state index in [1.165, 1.54) is 0 Å². The van der Waals surface area contributed by atoms with Crippen molar-refractivity contribution in [2.24, 2.45) is 0 Å². The van der Waals surface area contributed by atoms with Gasteiger partial charge in [-0.15, -0.1) is 0 Å². The number of benzene rings is 4. The molecule has 0 aromatic heterocycles. The predicted octanol–water partition coefficient (Wildman–Crippen LogP) is 6.50. The van der Waals surface area contributed by atoms with Crippen molar-refractivity contribution in [1.29, 1.82) is 0 Å². The molecule has 1 heteroatoms. The minimum absolute atomic E-state index is 0.705. The van der Waals surface area contributed by atoms with Gasteiger partial charge in [0.05, 0.1) is 0 Å². The third kappa shape index (κ3) is 3.07. The van der Waals surface area contributed by atoms with Crippen molar-refractivity contribution in [1.82, 2.24) is 0 Å². The molecule has 26 heavy (non-hydrogen) atoms. The van der Waals surface area contributed by atoms with Crippen molar-refractivity contribution in [3.05, 3.63) is 109 Å². The highest BCUT2D eigenvalue weighted by molar-refractivity contribution is 5.98. The van der Waals surface area contributed by atoms with Gasteiger partial charge in [0.2, 0.25) is 0 Å². The van der Waals surface area contributed by atoms with Gasteiger partial charge in [0.1, 0.15) is 0 Å². The van der Waals surface area contributed by atoms with E-state index in [1.807, 2.05) is 60.7 Å². The van der Waals surface area contributed by atoms with Crippen LogP contribution in [-0.4, -0.2) is 6.29 Å². The Balaban J connectivity index is 2.03. The number of hydrogen-bond donors (Lipinski definition) is 0. The number of carbonyl (C=O) groups excluding carboxylic acids is 1. The Morgan fingerprint density at radius 3 is 1.54 bits per heavy atom. The SMILES string of the molecule is O=Cc1cc(-c2ccccc2)cc(-c2ccccc2)c1-c1ccccc1. The van der Waals surface area contributed by atoms with Gasteiger partial charge in [-0.2, -0.15) is 0 Å². The third-order valence-electron chi connectivity index (χ3n) is 4.55. The zero-order chi connectivity index (χ0) is 17.8. The highest BCUT2D eigenvalue weighted by Crippen LogP contribution is 2.38. The first-order valence-electron chi connectivity index (χ1n) is 8.66. The quantitative estimate of drug-likeness (QED) is 0.389. The van der Waals surface area contributed by atoms with Crippen LogP contribution in [0.1, 0.15) is 10.4 Å². The second-order valence-electron chi connectivity index (χ2n) is 6.20. The lowest BCUT2D eigenvalue weighted by Gasteiger charge is -2.16. The van der Waals surface area contributed by atoms with E-state index < -0.39 is 0 Å². The van der Waals surface area contributed by atoms with Gasteiger partial charge in [0.25, 0.3) is 0 Å². The largest absolute Gasteiger partial charge is 0.298 e. The van der Waals surface area contributed by atoms with E-state index in [2.05, 4.69) is 42.5 Å². The van der Waals surface area contributed by atoms with Crippen molar-refractivity contribution in [2.75, 3.05) is 0 Å². The summed E-state index contributed by atoms with van der Waals surface area (Å²) in [6, 6.07) is 34.7. The molecule has 0 fully saturated rings. The minimum Gasteiger partial charge on any atom is -0.298 e. The molecule has 0 aliphatic carbocycles. The van der Waals surface area contributed by atoms with E-state index in [9.17, 15) is 4.79 Å². The Morgan fingerprint density at radius 2 is 1.00 bits per heavy atom. The van der Waals surface area contributed by atoms with Crippen LogP contribution < -0.4 is 0 Å². The van der Waals surface area contributed by atoms with Crippen LogP contribution in [0.2, 0.25) is 0 Å². The van der Waals surface area contributed by atoms with Crippen LogP contribution in [0.3, 0.4) is 0 Å². The molecular formula is C25H18O. The van der Waals surface area contributed by atoms with Gasteiger partial charge >= 0.3 is 0 Å². The maximum Gasteiger partial charge on any atom is 0.150 e. The molecule has 0 unspecified atom stereocenters. The molecule has 0 saturated carbocycles. The first-order valence-corrected chi connectivity index (χ1v) is 8.66. The maximum atomic E-state index is 12.0. The minimum atomic E-state index is 0.705.